The molecule has 9 heteroatoms. The van der Waals surface area contributed by atoms with E-state index in [1.165, 1.54) is 6.33 Å². The molecule has 0 bridgehead atoms. The van der Waals surface area contributed by atoms with Gasteiger partial charge in [0.1, 0.15) is 4.49 Å². The fourth-order valence-electron chi connectivity index (χ4n) is 1.88. The zero-order valence-corrected chi connectivity index (χ0v) is 13.1. The summed E-state index contributed by atoms with van der Waals surface area (Å²) in [5.74, 6) is 0.263. The summed E-state index contributed by atoms with van der Waals surface area (Å²) in [6.45, 7) is 0. The zero-order chi connectivity index (χ0) is 15.7. The maximum Gasteiger partial charge on any atom is 0.278 e. The molecule has 2 heterocycles. The van der Waals surface area contributed by atoms with Crippen molar-refractivity contribution in [3.8, 4) is 0 Å². The molecule has 0 atom stereocenters. The highest BCUT2D eigenvalue weighted by Crippen LogP contribution is 2.29. The Kier molecular flexibility index (Phi) is 4.06. The molecule has 112 valence electrons. The molecule has 0 aliphatic carbocycles. The van der Waals surface area contributed by atoms with Crippen LogP contribution in [0.1, 0.15) is 5.56 Å². The van der Waals surface area contributed by atoms with Gasteiger partial charge in [-0.25, -0.2) is 4.98 Å². The molecule has 0 aliphatic heterocycles. The van der Waals surface area contributed by atoms with Crippen LogP contribution in [0, 0.1) is 0 Å². The van der Waals surface area contributed by atoms with E-state index in [-0.39, 0.29) is 21.0 Å². The van der Waals surface area contributed by atoms with Crippen molar-refractivity contribution < 1.29 is 0 Å². The second-order valence-corrected chi connectivity index (χ2v) is 5.62. The number of aromatic amines is 2. The SMILES string of the molecule is O=c1[nH]c(Nc2cccc(C(Cl)=C(Cl)Cl)c2)nc2nc[nH]c12. The molecular formula is C13H8Cl3N5O. The van der Waals surface area contributed by atoms with Gasteiger partial charge in [0, 0.05) is 5.69 Å². The summed E-state index contributed by atoms with van der Waals surface area (Å²) in [5, 5.41) is 3.21. The van der Waals surface area contributed by atoms with Gasteiger partial charge in [0.2, 0.25) is 5.95 Å². The highest BCUT2D eigenvalue weighted by molar-refractivity contribution is 6.66. The smallest absolute Gasteiger partial charge is 0.278 e. The van der Waals surface area contributed by atoms with Crippen LogP contribution in [0.2, 0.25) is 0 Å². The van der Waals surface area contributed by atoms with Gasteiger partial charge in [-0.1, -0.05) is 46.9 Å². The van der Waals surface area contributed by atoms with E-state index in [0.29, 0.717) is 22.4 Å². The average molecular weight is 357 g/mol. The standard InChI is InChI=1S/C13H8Cl3N5O/c14-8(10(15)16)6-2-1-3-7(4-6)19-13-20-11-9(12(22)21-13)17-5-18-11/h1-5H,(H3,17,18,19,20,21,22). The fraction of sp³-hybridized carbons (Fsp3) is 0. The monoisotopic (exact) mass is 355 g/mol. The third kappa shape index (κ3) is 2.94. The van der Waals surface area contributed by atoms with Crippen molar-refractivity contribution in [2.24, 2.45) is 0 Å². The van der Waals surface area contributed by atoms with Crippen LogP contribution in [0.15, 0.2) is 39.9 Å². The molecule has 0 amide bonds. The second kappa shape index (κ2) is 6.00. The minimum Gasteiger partial charge on any atom is -0.339 e. The lowest BCUT2D eigenvalue weighted by Gasteiger charge is -2.07. The largest absolute Gasteiger partial charge is 0.339 e. The summed E-state index contributed by atoms with van der Waals surface area (Å²) in [6, 6.07) is 7.03. The van der Waals surface area contributed by atoms with Crippen molar-refractivity contribution in [2.45, 2.75) is 0 Å². The van der Waals surface area contributed by atoms with Gasteiger partial charge >= 0.3 is 0 Å². The Morgan fingerprint density at radius 3 is 2.82 bits per heavy atom. The minimum atomic E-state index is -0.317. The maximum absolute atomic E-state index is 11.8. The van der Waals surface area contributed by atoms with Crippen molar-refractivity contribution in [3.05, 3.63) is 51.0 Å². The number of imidazole rings is 1. The van der Waals surface area contributed by atoms with E-state index in [0.717, 1.165) is 0 Å². The van der Waals surface area contributed by atoms with Crippen molar-refractivity contribution in [2.75, 3.05) is 5.32 Å². The Labute approximate surface area is 139 Å². The Morgan fingerprint density at radius 2 is 2.05 bits per heavy atom. The van der Waals surface area contributed by atoms with Crippen molar-refractivity contribution in [1.29, 1.82) is 0 Å². The summed E-state index contributed by atoms with van der Waals surface area (Å²) in [5.41, 5.74) is 1.62. The van der Waals surface area contributed by atoms with Crippen LogP contribution in [-0.4, -0.2) is 19.9 Å². The number of rotatable bonds is 3. The fourth-order valence-corrected chi connectivity index (χ4v) is 2.22. The third-order valence-corrected chi connectivity index (χ3v) is 3.82. The first-order chi connectivity index (χ1) is 10.5. The molecule has 0 aliphatic rings. The van der Waals surface area contributed by atoms with Gasteiger partial charge in [0.05, 0.1) is 11.4 Å². The first-order valence-electron chi connectivity index (χ1n) is 6.06. The van der Waals surface area contributed by atoms with Crippen LogP contribution in [0.3, 0.4) is 0 Å². The van der Waals surface area contributed by atoms with Crippen molar-refractivity contribution >= 4 is 62.6 Å². The Balaban J connectivity index is 1.97. The summed E-state index contributed by atoms with van der Waals surface area (Å²) >= 11 is 17.3. The van der Waals surface area contributed by atoms with Gasteiger partial charge in [-0.05, 0) is 17.7 Å². The lowest BCUT2D eigenvalue weighted by Crippen LogP contribution is -2.11. The molecule has 22 heavy (non-hydrogen) atoms. The number of hydrogen-bond acceptors (Lipinski definition) is 4. The van der Waals surface area contributed by atoms with E-state index in [1.54, 1.807) is 24.3 Å². The number of H-pyrrole nitrogens is 2. The molecule has 0 spiro atoms. The molecule has 0 fully saturated rings. The Bertz CT molecular complexity index is 927. The lowest BCUT2D eigenvalue weighted by atomic mass is 10.2. The number of anilines is 2. The second-order valence-electron chi connectivity index (χ2n) is 4.30. The van der Waals surface area contributed by atoms with E-state index in [9.17, 15) is 4.79 Å². The summed E-state index contributed by atoms with van der Waals surface area (Å²) < 4.78 is -0.0247. The molecular weight excluding hydrogens is 349 g/mol. The minimum absolute atomic E-state index is 0.0247. The van der Waals surface area contributed by atoms with Gasteiger partial charge in [0.25, 0.3) is 5.56 Å². The zero-order valence-electron chi connectivity index (χ0n) is 10.8. The van der Waals surface area contributed by atoms with Gasteiger partial charge in [-0.3, -0.25) is 9.78 Å². The van der Waals surface area contributed by atoms with Gasteiger partial charge in [0.15, 0.2) is 11.2 Å². The van der Waals surface area contributed by atoms with Crippen LogP contribution in [-0.2, 0) is 0 Å². The Morgan fingerprint density at radius 1 is 1.23 bits per heavy atom. The van der Waals surface area contributed by atoms with Crippen LogP contribution in [0.4, 0.5) is 11.6 Å². The average Bonchev–Trinajstić information content (AvgIpc) is 2.95. The molecule has 3 N–H and O–H groups in total. The van der Waals surface area contributed by atoms with E-state index < -0.39 is 0 Å². The summed E-state index contributed by atoms with van der Waals surface area (Å²) in [6.07, 6.45) is 1.41. The molecule has 3 aromatic rings. The van der Waals surface area contributed by atoms with E-state index >= 15 is 0 Å². The molecule has 2 aromatic heterocycles. The van der Waals surface area contributed by atoms with E-state index in [1.807, 2.05) is 0 Å². The first kappa shape index (κ1) is 14.9. The molecule has 0 saturated heterocycles. The number of hydrogen-bond donors (Lipinski definition) is 3. The predicted molar refractivity (Wildman–Crippen MR) is 88.7 cm³/mol. The molecule has 1 aromatic carbocycles. The molecule has 0 saturated carbocycles. The quantitative estimate of drug-likeness (QED) is 0.667. The number of aromatic nitrogens is 4. The lowest BCUT2D eigenvalue weighted by molar-refractivity contribution is 1.15. The molecule has 6 nitrogen and oxygen atoms in total. The topological polar surface area (TPSA) is 86.5 Å². The number of benzene rings is 1. The van der Waals surface area contributed by atoms with Gasteiger partial charge < -0.3 is 10.3 Å². The predicted octanol–water partition coefficient (Wildman–Crippen LogP) is 3.73. The highest BCUT2D eigenvalue weighted by Gasteiger charge is 2.08. The van der Waals surface area contributed by atoms with Crippen LogP contribution >= 0.6 is 34.8 Å². The van der Waals surface area contributed by atoms with Gasteiger partial charge in [-0.15, -0.1) is 0 Å². The normalized spacial score (nSPS) is 10.7. The number of fused-ring (bicyclic) bond motifs is 1. The van der Waals surface area contributed by atoms with E-state index in [4.69, 9.17) is 34.8 Å². The molecule has 0 unspecified atom stereocenters. The van der Waals surface area contributed by atoms with Crippen molar-refractivity contribution in [1.82, 2.24) is 19.9 Å². The summed E-state index contributed by atoms with van der Waals surface area (Å²) in [4.78, 5) is 25.3. The number of halogens is 3. The van der Waals surface area contributed by atoms with Crippen LogP contribution in [0.25, 0.3) is 16.2 Å². The third-order valence-electron chi connectivity index (χ3n) is 2.84. The highest BCUT2D eigenvalue weighted by atomic mass is 35.5. The maximum atomic E-state index is 11.8. The number of nitrogens with zero attached hydrogens (tertiary/aromatic N) is 2. The molecule has 3 rings (SSSR count). The number of nitrogens with one attached hydrogen (secondary N) is 3. The molecule has 0 radical (unpaired) electrons. The van der Waals surface area contributed by atoms with Crippen molar-refractivity contribution in [3.63, 3.8) is 0 Å². The first-order valence-corrected chi connectivity index (χ1v) is 7.19. The van der Waals surface area contributed by atoms with Crippen LogP contribution in [0.5, 0.6) is 0 Å². The van der Waals surface area contributed by atoms with Crippen LogP contribution < -0.4 is 10.9 Å². The van der Waals surface area contributed by atoms with Gasteiger partial charge in [-0.2, -0.15) is 4.98 Å². The summed E-state index contributed by atoms with van der Waals surface area (Å²) in [7, 11) is 0. The van der Waals surface area contributed by atoms with E-state index in [2.05, 4.69) is 25.3 Å². The Hall–Kier alpha value is -2.02.